The number of ether oxygens (including phenoxy) is 1. The van der Waals surface area contributed by atoms with Gasteiger partial charge in [-0.2, -0.15) is 26.9 Å². The van der Waals surface area contributed by atoms with Crippen molar-refractivity contribution in [2.75, 3.05) is 5.32 Å². The Hall–Kier alpha value is -3.30. The summed E-state index contributed by atoms with van der Waals surface area (Å²) < 4.78 is 65.6. The second kappa shape index (κ2) is 8.59. The van der Waals surface area contributed by atoms with Crippen LogP contribution in [0, 0.1) is 0 Å². The van der Waals surface area contributed by atoms with Gasteiger partial charge < -0.3 is 15.8 Å². The average molecular weight is 400 g/mol. The van der Waals surface area contributed by atoms with Gasteiger partial charge in [-0.25, -0.2) is 4.79 Å². The first-order chi connectivity index (χ1) is 13.1. The monoisotopic (exact) mass is 400 g/mol. The molecule has 0 spiro atoms. The zero-order chi connectivity index (χ0) is 20.8. The first-order valence-electron chi connectivity index (χ1n) is 7.57. The van der Waals surface area contributed by atoms with Crippen LogP contribution in [0.3, 0.4) is 0 Å². The van der Waals surface area contributed by atoms with E-state index in [0.29, 0.717) is 16.9 Å². The molecule has 1 unspecified atom stereocenters. The van der Waals surface area contributed by atoms with Crippen molar-refractivity contribution in [2.45, 2.75) is 18.5 Å². The van der Waals surface area contributed by atoms with E-state index < -0.39 is 24.2 Å². The van der Waals surface area contributed by atoms with Gasteiger partial charge in [0.1, 0.15) is 11.9 Å². The number of alkyl halides is 5. The lowest BCUT2D eigenvalue weighted by Gasteiger charge is -2.20. The molecule has 0 aliphatic rings. The number of nitrogens with two attached hydrogens (primary N) is 1. The Morgan fingerprint density at radius 1 is 1.04 bits per heavy atom. The zero-order valence-electron chi connectivity index (χ0n) is 14.0. The summed E-state index contributed by atoms with van der Waals surface area (Å²) in [4.78, 5) is 17.6. The number of aliphatic imine (C=N–C) groups is 2. The van der Waals surface area contributed by atoms with Gasteiger partial charge >= 0.3 is 12.3 Å². The highest BCUT2D eigenvalue weighted by atomic mass is 19.4. The summed E-state index contributed by atoms with van der Waals surface area (Å²) in [6.45, 7) is 0. The van der Waals surface area contributed by atoms with E-state index in [1.165, 1.54) is 24.6 Å². The summed E-state index contributed by atoms with van der Waals surface area (Å²) >= 11 is 0. The molecular formula is C17H13F5N4O2. The van der Waals surface area contributed by atoms with Gasteiger partial charge in [-0.1, -0.05) is 12.1 Å². The third-order valence-corrected chi connectivity index (χ3v) is 3.31. The minimum atomic E-state index is -5.81. The van der Waals surface area contributed by atoms with Gasteiger partial charge in [-0.05, 0) is 42.0 Å². The molecule has 0 saturated heterocycles. The lowest BCUT2D eigenvalue weighted by atomic mass is 10.2. The van der Waals surface area contributed by atoms with Crippen molar-refractivity contribution in [3.05, 3.63) is 54.1 Å². The molecule has 0 bridgehead atoms. The number of benzene rings is 2. The fourth-order valence-corrected chi connectivity index (χ4v) is 1.90. The van der Waals surface area contributed by atoms with Gasteiger partial charge in [0, 0.05) is 5.69 Å². The molecule has 0 amide bonds. The molecule has 0 radical (unpaired) electrons. The summed E-state index contributed by atoms with van der Waals surface area (Å²) in [5.41, 5.74) is 7.25. The van der Waals surface area contributed by atoms with Crippen LogP contribution in [0.5, 0.6) is 5.75 Å². The lowest BCUT2D eigenvalue weighted by Crippen LogP contribution is -2.41. The molecule has 0 saturated carbocycles. The van der Waals surface area contributed by atoms with Crippen LogP contribution in [0.2, 0.25) is 0 Å². The second-order valence-electron chi connectivity index (χ2n) is 5.30. The maximum atomic E-state index is 12.8. The number of carbonyl (C=O) groups excluding carboxylic acids is 1. The normalized spacial score (nSPS) is 13.1. The summed E-state index contributed by atoms with van der Waals surface area (Å²) in [7, 11) is 0. The van der Waals surface area contributed by atoms with E-state index in [9.17, 15) is 26.7 Å². The quantitative estimate of drug-likeness (QED) is 0.314. The van der Waals surface area contributed by atoms with Crippen molar-refractivity contribution < 1.29 is 31.5 Å². The van der Waals surface area contributed by atoms with E-state index in [1.54, 1.807) is 24.3 Å². The van der Waals surface area contributed by atoms with Crippen LogP contribution in [0.1, 0.15) is 11.7 Å². The molecule has 2 aromatic carbocycles. The molecule has 6 nitrogen and oxygen atoms in total. The van der Waals surface area contributed by atoms with Crippen LogP contribution in [0.15, 0.2) is 58.5 Å². The van der Waals surface area contributed by atoms with Gasteiger partial charge in [0.15, 0.2) is 0 Å². The molecule has 28 heavy (non-hydrogen) atoms. The van der Waals surface area contributed by atoms with Gasteiger partial charge in [-0.3, -0.25) is 4.99 Å². The van der Waals surface area contributed by atoms with Crippen molar-refractivity contribution in [1.82, 2.24) is 0 Å². The summed E-state index contributed by atoms with van der Waals surface area (Å²) in [6, 6.07) is 10.7. The maximum Gasteiger partial charge on any atom is 0.499 e. The molecule has 0 aromatic heterocycles. The van der Waals surface area contributed by atoms with Crippen LogP contribution in [0.4, 0.5) is 33.3 Å². The number of nitrogens with one attached hydrogen (secondary N) is 1. The molecule has 0 aliphatic heterocycles. The van der Waals surface area contributed by atoms with Crippen LogP contribution >= 0.6 is 0 Å². The molecule has 148 valence electrons. The topological polar surface area (TPSA) is 89.1 Å². The molecule has 0 heterocycles. The molecule has 2 aromatic rings. The Kier molecular flexibility index (Phi) is 6.45. The first kappa shape index (κ1) is 21.0. The molecule has 2 rings (SSSR count). The first-order valence-corrected chi connectivity index (χ1v) is 7.57. The van der Waals surface area contributed by atoms with Crippen LogP contribution in [-0.2, 0) is 4.79 Å². The van der Waals surface area contributed by atoms with Crippen molar-refractivity contribution >= 4 is 23.8 Å². The number of nitrogens with zero attached hydrogens (tertiary/aromatic N) is 2. The van der Waals surface area contributed by atoms with Crippen LogP contribution < -0.4 is 15.8 Å². The van der Waals surface area contributed by atoms with Crippen LogP contribution in [-0.4, -0.2) is 24.7 Å². The minimum Gasteiger partial charge on any atom is -0.426 e. The van der Waals surface area contributed by atoms with Crippen molar-refractivity contribution in [1.29, 1.82) is 0 Å². The highest BCUT2D eigenvalue weighted by Gasteiger charge is 2.61. The Morgan fingerprint density at radius 2 is 1.64 bits per heavy atom. The molecule has 0 fully saturated rings. The van der Waals surface area contributed by atoms with Crippen molar-refractivity contribution in [3.8, 4) is 5.75 Å². The van der Waals surface area contributed by atoms with Gasteiger partial charge in [0.2, 0.25) is 6.08 Å². The highest BCUT2D eigenvalue weighted by molar-refractivity contribution is 5.75. The van der Waals surface area contributed by atoms with E-state index in [2.05, 4.69) is 20.0 Å². The van der Waals surface area contributed by atoms with Crippen molar-refractivity contribution in [2.24, 2.45) is 15.7 Å². The molecule has 1 atom stereocenters. The van der Waals surface area contributed by atoms with E-state index in [-0.39, 0.29) is 0 Å². The molecule has 3 N–H and O–H groups in total. The molecule has 11 heteroatoms. The number of anilines is 1. The predicted molar refractivity (Wildman–Crippen MR) is 91.3 cm³/mol. The van der Waals surface area contributed by atoms with E-state index in [1.807, 2.05) is 0 Å². The smallest absolute Gasteiger partial charge is 0.426 e. The largest absolute Gasteiger partial charge is 0.499 e. The average Bonchev–Trinajstić information content (AvgIpc) is 2.63. The summed E-state index contributed by atoms with van der Waals surface area (Å²) in [5.74, 6) is -0.653. The Morgan fingerprint density at radius 3 is 2.18 bits per heavy atom. The van der Waals surface area contributed by atoms with Gasteiger partial charge in [-0.15, -0.1) is 0 Å². The van der Waals surface area contributed by atoms with E-state index >= 15 is 0 Å². The Balaban J connectivity index is 1.94. The minimum absolute atomic E-state index is 0.356. The van der Waals surface area contributed by atoms with Crippen molar-refractivity contribution in [3.63, 3.8) is 0 Å². The zero-order valence-corrected chi connectivity index (χ0v) is 14.0. The standard InChI is InChI=1S/C17H13F5N4O2/c18-16(19,20)17(21,22)28-14-7-5-12(6-8-14)24-9-25-15(23)11-1-3-13(4-2-11)26-10-27/h1-9,15H,23H2,(H,24,25). The maximum absolute atomic E-state index is 12.8. The fourth-order valence-electron chi connectivity index (χ4n) is 1.90. The number of isocyanates is 1. The summed E-state index contributed by atoms with van der Waals surface area (Å²) in [6.07, 6.45) is -9.20. The van der Waals surface area contributed by atoms with E-state index in [0.717, 1.165) is 12.1 Å². The van der Waals surface area contributed by atoms with Gasteiger partial charge in [0.25, 0.3) is 0 Å². The number of halogens is 5. The third kappa shape index (κ3) is 5.60. The Bertz CT molecular complexity index is 861. The molecular weight excluding hydrogens is 387 g/mol. The number of hydrogen-bond donors (Lipinski definition) is 2. The predicted octanol–water partition coefficient (Wildman–Crippen LogP) is 4.29. The van der Waals surface area contributed by atoms with Gasteiger partial charge in [0.05, 0.1) is 12.0 Å². The lowest BCUT2D eigenvalue weighted by molar-refractivity contribution is -0.360. The molecule has 0 aliphatic carbocycles. The Labute approximate surface area is 155 Å². The fraction of sp³-hybridized carbons (Fsp3) is 0.176. The van der Waals surface area contributed by atoms with Crippen LogP contribution in [0.25, 0.3) is 0 Å². The number of rotatable bonds is 7. The second-order valence-corrected chi connectivity index (χ2v) is 5.30. The van der Waals surface area contributed by atoms with E-state index in [4.69, 9.17) is 5.73 Å². The highest BCUT2D eigenvalue weighted by Crippen LogP contribution is 2.37. The third-order valence-electron chi connectivity index (χ3n) is 3.31. The summed E-state index contributed by atoms with van der Waals surface area (Å²) in [5, 5.41) is 2.69. The number of hydrogen-bond acceptors (Lipinski definition) is 5. The SMILES string of the molecule is NC(/N=C\Nc1ccc(OC(F)(F)C(F)(F)F)cc1)c1ccc(N=C=O)cc1.